The number of hydrogen-bond acceptors (Lipinski definition) is 12. The van der Waals surface area contributed by atoms with E-state index < -0.39 is 20.5 Å². The Morgan fingerprint density at radius 2 is 2.08 bits per heavy atom. The summed E-state index contributed by atoms with van der Waals surface area (Å²) in [5, 5.41) is 6.36. The maximum Gasteiger partial charge on any atom is 0.323 e. The minimum atomic E-state index is -1.64. The van der Waals surface area contributed by atoms with Gasteiger partial charge < -0.3 is 39.2 Å². The minimum absolute atomic E-state index is 0.134. The van der Waals surface area contributed by atoms with E-state index in [1.54, 1.807) is 14.0 Å². The highest BCUT2D eigenvalue weighted by molar-refractivity contribution is 7.45. The van der Waals surface area contributed by atoms with E-state index in [0.717, 1.165) is 12.0 Å². The van der Waals surface area contributed by atoms with E-state index in [0.29, 0.717) is 29.8 Å². The zero-order valence-corrected chi connectivity index (χ0v) is 22.0. The third kappa shape index (κ3) is 5.89. The van der Waals surface area contributed by atoms with E-state index in [9.17, 15) is 4.79 Å². The van der Waals surface area contributed by atoms with Gasteiger partial charge in [-0.15, -0.1) is 0 Å². The van der Waals surface area contributed by atoms with Gasteiger partial charge >= 0.3 is 14.5 Å². The Bertz CT molecular complexity index is 1060. The van der Waals surface area contributed by atoms with Gasteiger partial charge in [0.1, 0.15) is 23.7 Å². The number of benzene rings is 1. The number of nitrogens with two attached hydrogens (primary N) is 1. The Kier molecular flexibility index (Phi) is 8.30. The van der Waals surface area contributed by atoms with Crippen LogP contribution in [0.5, 0.6) is 11.6 Å². The molecule has 1 saturated heterocycles. The van der Waals surface area contributed by atoms with Crippen LogP contribution >= 0.6 is 8.53 Å². The lowest BCUT2D eigenvalue weighted by Crippen LogP contribution is -2.39. The molecule has 4 rings (SSSR count). The SMILES string of the molecule is COC(=O)C(C)NP(OCC1CC(C)C(N2CNc3c(OC)nc(N)nc32)O1)Oc1ccc(C)cc1. The Hall–Kier alpha value is -2.92. The lowest BCUT2D eigenvalue weighted by molar-refractivity contribution is -0.142. The largest absolute Gasteiger partial charge is 0.479 e. The molecule has 1 aromatic carbocycles. The molecule has 0 saturated carbocycles. The van der Waals surface area contributed by atoms with Gasteiger partial charge in [0, 0.05) is 5.92 Å². The molecule has 0 bridgehead atoms. The van der Waals surface area contributed by atoms with Crippen molar-refractivity contribution >= 4 is 31.9 Å². The van der Waals surface area contributed by atoms with Gasteiger partial charge in [-0.1, -0.05) is 24.6 Å². The Morgan fingerprint density at radius 1 is 1.33 bits per heavy atom. The molecule has 0 amide bonds. The number of hydrogen-bond donors (Lipinski definition) is 3. The number of fused-ring (bicyclic) bond motifs is 1. The van der Waals surface area contributed by atoms with E-state index in [1.807, 2.05) is 36.1 Å². The van der Waals surface area contributed by atoms with E-state index in [-0.39, 0.29) is 30.8 Å². The summed E-state index contributed by atoms with van der Waals surface area (Å²) in [7, 11) is 1.24. The van der Waals surface area contributed by atoms with E-state index >= 15 is 0 Å². The number of nitrogens with one attached hydrogen (secondary N) is 2. The third-order valence-electron chi connectivity index (χ3n) is 5.97. The average molecular weight is 521 g/mol. The molecule has 5 atom stereocenters. The smallest absolute Gasteiger partial charge is 0.323 e. The van der Waals surface area contributed by atoms with E-state index in [2.05, 4.69) is 27.3 Å². The molecular formula is C23H33N6O6P. The topological polar surface area (TPSA) is 142 Å². The number of rotatable bonds is 10. The molecule has 2 aliphatic heterocycles. The molecule has 0 radical (unpaired) electrons. The van der Waals surface area contributed by atoms with E-state index in [4.69, 9.17) is 29.0 Å². The second-order valence-corrected chi connectivity index (χ2v) is 10.0. The van der Waals surface area contributed by atoms with Crippen LogP contribution in [0.1, 0.15) is 25.8 Å². The first-order valence-electron chi connectivity index (χ1n) is 11.7. The lowest BCUT2D eigenvalue weighted by Gasteiger charge is -2.28. The van der Waals surface area contributed by atoms with Gasteiger partial charge in [0.2, 0.25) is 11.8 Å². The summed E-state index contributed by atoms with van der Waals surface area (Å²) >= 11 is 0. The van der Waals surface area contributed by atoms with Crippen molar-refractivity contribution in [2.75, 3.05) is 43.4 Å². The number of esters is 1. The average Bonchev–Trinajstić information content (AvgIpc) is 3.45. The standard InChI is InChI=1S/C23H33N6O6P/c1-13-6-8-16(9-7-13)35-36(28-15(3)22(30)32-5)33-11-17-10-14(2)21(34-17)29-12-25-18-19(29)26-23(24)27-20(18)31-4/h6-9,14-15,17,21,25,28H,10-12H2,1-5H3,(H2,24,26,27). The molecular weight excluding hydrogens is 487 g/mol. The highest BCUT2D eigenvalue weighted by Gasteiger charge is 2.41. The highest BCUT2D eigenvalue weighted by atomic mass is 31.2. The van der Waals surface area contributed by atoms with Crippen LogP contribution in [-0.2, 0) is 18.8 Å². The predicted molar refractivity (Wildman–Crippen MR) is 136 cm³/mol. The maximum absolute atomic E-state index is 12.0. The van der Waals surface area contributed by atoms with Crippen molar-refractivity contribution in [3.63, 3.8) is 0 Å². The zero-order valence-electron chi connectivity index (χ0n) is 21.1. The summed E-state index contributed by atoms with van der Waals surface area (Å²) < 4.78 is 28.7. The van der Waals surface area contributed by atoms with Gasteiger partial charge in [-0.05, 0) is 32.4 Å². The van der Waals surface area contributed by atoms with E-state index in [1.165, 1.54) is 7.11 Å². The Labute approximate surface area is 211 Å². The van der Waals surface area contributed by atoms with Gasteiger partial charge in [-0.25, -0.2) is 5.09 Å². The van der Waals surface area contributed by atoms with Crippen molar-refractivity contribution in [2.24, 2.45) is 5.92 Å². The molecule has 2 aromatic rings. The van der Waals surface area contributed by atoms with Gasteiger partial charge in [-0.2, -0.15) is 9.97 Å². The molecule has 0 aliphatic carbocycles. The molecule has 2 aliphatic rings. The first-order valence-corrected chi connectivity index (χ1v) is 12.9. The summed E-state index contributed by atoms with van der Waals surface area (Å²) in [5.74, 6) is 1.61. The fourth-order valence-electron chi connectivity index (χ4n) is 4.13. The van der Waals surface area contributed by atoms with Crippen molar-refractivity contribution < 1.29 is 28.1 Å². The second kappa shape index (κ2) is 11.4. The quantitative estimate of drug-likeness (QED) is 0.313. The first-order chi connectivity index (χ1) is 17.3. The monoisotopic (exact) mass is 520 g/mol. The van der Waals surface area contributed by atoms with Crippen LogP contribution in [0.4, 0.5) is 17.5 Å². The first kappa shape index (κ1) is 26.2. The number of aromatic nitrogens is 2. The molecule has 196 valence electrons. The number of aryl methyl sites for hydroxylation is 1. The van der Waals surface area contributed by atoms with Crippen molar-refractivity contribution in [3.8, 4) is 11.6 Å². The summed E-state index contributed by atoms with van der Waals surface area (Å²) in [4.78, 5) is 22.5. The fraction of sp³-hybridized carbons (Fsp3) is 0.522. The number of nitrogens with zero attached hydrogens (tertiary/aromatic N) is 3. The summed E-state index contributed by atoms with van der Waals surface area (Å²) in [5.41, 5.74) is 7.69. The molecule has 36 heavy (non-hydrogen) atoms. The van der Waals surface area contributed by atoms with Crippen LogP contribution in [0.2, 0.25) is 0 Å². The summed E-state index contributed by atoms with van der Waals surface area (Å²) in [6.07, 6.45) is 0.351. The number of ether oxygens (including phenoxy) is 3. The highest BCUT2D eigenvalue weighted by Crippen LogP contribution is 2.42. The van der Waals surface area contributed by atoms with Crippen LogP contribution in [-0.4, -0.2) is 61.8 Å². The number of anilines is 3. The van der Waals surface area contributed by atoms with Crippen molar-refractivity contribution in [1.29, 1.82) is 0 Å². The summed E-state index contributed by atoms with van der Waals surface area (Å²) in [6.45, 7) is 6.59. The van der Waals surface area contributed by atoms with Gasteiger partial charge in [0.25, 0.3) is 0 Å². The molecule has 0 spiro atoms. The van der Waals surface area contributed by atoms with Crippen LogP contribution in [0.15, 0.2) is 24.3 Å². The molecule has 1 fully saturated rings. The van der Waals surface area contributed by atoms with Gasteiger partial charge in [0.05, 0.1) is 33.6 Å². The normalized spacial score (nSPS) is 22.5. The lowest BCUT2D eigenvalue weighted by atomic mass is 10.1. The van der Waals surface area contributed by atoms with Crippen LogP contribution < -0.4 is 30.3 Å². The van der Waals surface area contributed by atoms with Crippen molar-refractivity contribution in [2.45, 2.75) is 45.6 Å². The molecule has 5 unspecified atom stereocenters. The maximum atomic E-state index is 12.0. The van der Waals surface area contributed by atoms with Crippen LogP contribution in [0, 0.1) is 12.8 Å². The van der Waals surface area contributed by atoms with Gasteiger partial charge in [0.15, 0.2) is 5.82 Å². The fourth-order valence-corrected chi connectivity index (χ4v) is 5.35. The second-order valence-electron chi connectivity index (χ2n) is 8.79. The molecule has 13 heteroatoms. The zero-order chi connectivity index (χ0) is 25.8. The van der Waals surface area contributed by atoms with Crippen LogP contribution in [0.3, 0.4) is 0 Å². The van der Waals surface area contributed by atoms with Gasteiger partial charge in [-0.3, -0.25) is 4.79 Å². The van der Waals surface area contributed by atoms with Crippen LogP contribution in [0.25, 0.3) is 0 Å². The minimum Gasteiger partial charge on any atom is -0.479 e. The Balaban J connectivity index is 1.41. The predicted octanol–water partition coefficient (Wildman–Crippen LogP) is 2.79. The molecule has 3 heterocycles. The number of nitrogen functional groups attached to an aromatic ring is 1. The van der Waals surface area contributed by atoms with Crippen molar-refractivity contribution in [3.05, 3.63) is 29.8 Å². The van der Waals surface area contributed by atoms with Crippen molar-refractivity contribution in [1.82, 2.24) is 15.1 Å². The number of methoxy groups -OCH3 is 2. The summed E-state index contributed by atoms with van der Waals surface area (Å²) in [6, 6.07) is 7.03. The Morgan fingerprint density at radius 3 is 2.78 bits per heavy atom. The molecule has 12 nitrogen and oxygen atoms in total. The number of carbonyl (C=O) groups excluding carboxylic acids is 1. The molecule has 1 aromatic heterocycles. The number of carbonyl (C=O) groups is 1. The third-order valence-corrected chi connectivity index (χ3v) is 7.33. The molecule has 4 N–H and O–H groups in total.